The molecule has 3 heteroatoms. The summed E-state index contributed by atoms with van der Waals surface area (Å²) in [6.07, 6.45) is 1.98. The summed E-state index contributed by atoms with van der Waals surface area (Å²) >= 11 is 0. The van der Waals surface area contributed by atoms with Gasteiger partial charge in [-0.3, -0.25) is 4.79 Å². The van der Waals surface area contributed by atoms with Crippen molar-refractivity contribution in [1.29, 1.82) is 0 Å². The van der Waals surface area contributed by atoms with Gasteiger partial charge in [-0.1, -0.05) is 0 Å². The molecule has 0 aromatic carbocycles. The van der Waals surface area contributed by atoms with Crippen LogP contribution in [0.2, 0.25) is 0 Å². The van der Waals surface area contributed by atoms with Crippen molar-refractivity contribution < 1.29 is 9.53 Å². The minimum Gasteiger partial charge on any atom is -0.379 e. The summed E-state index contributed by atoms with van der Waals surface area (Å²) in [4.78, 5) is 10.8. The second-order valence-electron chi connectivity index (χ2n) is 3.83. The van der Waals surface area contributed by atoms with Crippen molar-refractivity contribution in [3.63, 3.8) is 0 Å². The molecule has 76 valence electrons. The maximum absolute atomic E-state index is 10.8. The zero-order valence-corrected chi connectivity index (χ0v) is 8.62. The minimum absolute atomic E-state index is 0.420. The summed E-state index contributed by atoms with van der Waals surface area (Å²) in [5.41, 5.74) is 3.02. The van der Waals surface area contributed by atoms with Crippen LogP contribution in [0.25, 0.3) is 0 Å². The Hall–Kier alpha value is -1.09. The van der Waals surface area contributed by atoms with Gasteiger partial charge in [-0.25, -0.2) is 0 Å². The Labute approximate surface area is 83.7 Å². The van der Waals surface area contributed by atoms with E-state index < -0.39 is 0 Å². The average molecular weight is 193 g/mol. The molecule has 1 unspecified atom stereocenters. The molecule has 0 radical (unpaired) electrons. The number of aldehydes is 1. The van der Waals surface area contributed by atoms with E-state index in [1.54, 1.807) is 0 Å². The van der Waals surface area contributed by atoms with Crippen molar-refractivity contribution in [3.8, 4) is 0 Å². The average Bonchev–Trinajstić information content (AvgIpc) is 2.74. The second-order valence-corrected chi connectivity index (χ2v) is 3.83. The smallest absolute Gasteiger partial charge is 0.151 e. The largest absolute Gasteiger partial charge is 0.379 e. The van der Waals surface area contributed by atoms with E-state index in [0.29, 0.717) is 6.04 Å². The summed E-state index contributed by atoms with van der Waals surface area (Å²) < 4.78 is 7.57. The Morgan fingerprint density at radius 1 is 1.57 bits per heavy atom. The third-order valence-electron chi connectivity index (χ3n) is 2.92. The molecule has 0 spiro atoms. The van der Waals surface area contributed by atoms with Crippen molar-refractivity contribution in [1.82, 2.24) is 4.57 Å². The Bertz CT molecular complexity index is 348. The van der Waals surface area contributed by atoms with Crippen molar-refractivity contribution in [2.45, 2.75) is 26.3 Å². The van der Waals surface area contributed by atoms with E-state index >= 15 is 0 Å². The highest BCUT2D eigenvalue weighted by atomic mass is 16.5. The van der Waals surface area contributed by atoms with Crippen LogP contribution in [0.4, 0.5) is 0 Å². The molecule has 14 heavy (non-hydrogen) atoms. The molecule has 0 N–H and O–H groups in total. The molecule has 1 aromatic heterocycles. The van der Waals surface area contributed by atoms with Crippen LogP contribution in [0.3, 0.4) is 0 Å². The predicted octanol–water partition coefficient (Wildman–Crippen LogP) is 1.88. The Morgan fingerprint density at radius 2 is 2.36 bits per heavy atom. The van der Waals surface area contributed by atoms with E-state index in [4.69, 9.17) is 4.74 Å². The van der Waals surface area contributed by atoms with Gasteiger partial charge in [0.25, 0.3) is 0 Å². The first-order valence-corrected chi connectivity index (χ1v) is 4.95. The molecule has 2 rings (SSSR count). The molecule has 1 saturated heterocycles. The lowest BCUT2D eigenvalue weighted by Crippen LogP contribution is -2.11. The lowest BCUT2D eigenvalue weighted by atomic mass is 10.2. The Morgan fingerprint density at radius 3 is 2.86 bits per heavy atom. The number of carbonyl (C=O) groups is 1. The molecule has 1 aromatic rings. The number of nitrogens with zero attached hydrogens (tertiary/aromatic N) is 1. The molecule has 0 aliphatic carbocycles. The van der Waals surface area contributed by atoms with Crippen molar-refractivity contribution >= 4 is 6.29 Å². The van der Waals surface area contributed by atoms with E-state index in [0.717, 1.165) is 42.9 Å². The first kappa shape index (κ1) is 9.46. The molecule has 1 atom stereocenters. The third-order valence-corrected chi connectivity index (χ3v) is 2.92. The van der Waals surface area contributed by atoms with Crippen LogP contribution in [-0.4, -0.2) is 24.1 Å². The number of hydrogen-bond donors (Lipinski definition) is 0. The van der Waals surface area contributed by atoms with Gasteiger partial charge in [0.05, 0.1) is 12.6 Å². The van der Waals surface area contributed by atoms with Crippen LogP contribution in [0.1, 0.15) is 34.2 Å². The van der Waals surface area contributed by atoms with E-state index in [-0.39, 0.29) is 0 Å². The van der Waals surface area contributed by atoms with Crippen LogP contribution < -0.4 is 0 Å². The SMILES string of the molecule is Cc1cc(C=O)c(C)n1C1CCOC1. The minimum atomic E-state index is 0.420. The summed E-state index contributed by atoms with van der Waals surface area (Å²) in [5.74, 6) is 0. The van der Waals surface area contributed by atoms with Crippen molar-refractivity contribution in [2.75, 3.05) is 13.2 Å². The lowest BCUT2D eigenvalue weighted by Gasteiger charge is -2.15. The van der Waals surface area contributed by atoms with Crippen LogP contribution in [0.5, 0.6) is 0 Å². The van der Waals surface area contributed by atoms with Crippen molar-refractivity contribution in [3.05, 3.63) is 23.0 Å². The first-order chi connectivity index (χ1) is 6.74. The molecular weight excluding hydrogens is 178 g/mol. The van der Waals surface area contributed by atoms with Gasteiger partial charge < -0.3 is 9.30 Å². The van der Waals surface area contributed by atoms with Gasteiger partial charge in [0, 0.05) is 23.6 Å². The van der Waals surface area contributed by atoms with Crippen molar-refractivity contribution in [2.24, 2.45) is 0 Å². The zero-order chi connectivity index (χ0) is 10.1. The van der Waals surface area contributed by atoms with E-state index in [1.165, 1.54) is 0 Å². The number of rotatable bonds is 2. The molecule has 0 amide bonds. The topological polar surface area (TPSA) is 31.2 Å². The fourth-order valence-corrected chi connectivity index (χ4v) is 2.21. The highest BCUT2D eigenvalue weighted by molar-refractivity contribution is 5.77. The van der Waals surface area contributed by atoms with Gasteiger partial charge in [0.15, 0.2) is 6.29 Å². The summed E-state index contributed by atoms with van der Waals surface area (Å²) in [5, 5.41) is 0. The van der Waals surface area contributed by atoms with Gasteiger partial charge in [-0.05, 0) is 26.3 Å². The van der Waals surface area contributed by atoms with E-state index in [1.807, 2.05) is 19.9 Å². The Kier molecular flexibility index (Phi) is 2.42. The molecular formula is C11H15NO2. The summed E-state index contributed by atoms with van der Waals surface area (Å²) in [6.45, 7) is 5.64. The summed E-state index contributed by atoms with van der Waals surface area (Å²) in [6, 6.07) is 2.37. The Balaban J connectivity index is 2.40. The van der Waals surface area contributed by atoms with Crippen LogP contribution in [-0.2, 0) is 4.74 Å². The van der Waals surface area contributed by atoms with Crippen LogP contribution in [0.15, 0.2) is 6.07 Å². The highest BCUT2D eigenvalue weighted by Gasteiger charge is 2.21. The van der Waals surface area contributed by atoms with Gasteiger partial charge in [-0.2, -0.15) is 0 Å². The summed E-state index contributed by atoms with van der Waals surface area (Å²) in [7, 11) is 0. The maximum Gasteiger partial charge on any atom is 0.151 e. The standard InChI is InChI=1S/C11H15NO2/c1-8-5-10(6-13)9(2)12(8)11-3-4-14-7-11/h5-6,11H,3-4,7H2,1-2H3. The number of hydrogen-bond acceptors (Lipinski definition) is 2. The molecule has 3 nitrogen and oxygen atoms in total. The van der Waals surface area contributed by atoms with E-state index in [9.17, 15) is 4.79 Å². The van der Waals surface area contributed by atoms with Gasteiger partial charge in [0.2, 0.25) is 0 Å². The molecule has 1 aliphatic rings. The number of carbonyl (C=O) groups excluding carboxylic acids is 1. The van der Waals surface area contributed by atoms with Gasteiger partial charge >= 0.3 is 0 Å². The highest BCUT2D eigenvalue weighted by Crippen LogP contribution is 2.25. The number of aromatic nitrogens is 1. The molecule has 0 bridgehead atoms. The number of aryl methyl sites for hydroxylation is 1. The van der Waals surface area contributed by atoms with Crippen LogP contribution >= 0.6 is 0 Å². The third kappa shape index (κ3) is 1.38. The lowest BCUT2D eigenvalue weighted by molar-refractivity contribution is 0.112. The number of ether oxygens (including phenoxy) is 1. The van der Waals surface area contributed by atoms with E-state index in [2.05, 4.69) is 4.57 Å². The predicted molar refractivity (Wildman–Crippen MR) is 53.8 cm³/mol. The fourth-order valence-electron chi connectivity index (χ4n) is 2.21. The van der Waals surface area contributed by atoms with Gasteiger partial charge in [0.1, 0.15) is 0 Å². The normalized spacial score (nSPS) is 21.4. The van der Waals surface area contributed by atoms with Gasteiger partial charge in [-0.15, -0.1) is 0 Å². The molecule has 2 heterocycles. The first-order valence-electron chi connectivity index (χ1n) is 4.95. The maximum atomic E-state index is 10.8. The van der Waals surface area contributed by atoms with Crippen LogP contribution in [0, 0.1) is 13.8 Å². The zero-order valence-electron chi connectivity index (χ0n) is 8.62. The molecule has 1 fully saturated rings. The monoisotopic (exact) mass is 193 g/mol. The molecule has 1 aliphatic heterocycles. The second kappa shape index (κ2) is 3.58. The quantitative estimate of drug-likeness (QED) is 0.671. The fraction of sp³-hybridized carbons (Fsp3) is 0.545. The molecule has 0 saturated carbocycles.